The molecule has 1 aromatic heterocycles. The fourth-order valence-electron chi connectivity index (χ4n) is 0.871. The Morgan fingerprint density at radius 1 is 1.62 bits per heavy atom. The van der Waals surface area contributed by atoms with Gasteiger partial charge in [-0.05, 0) is 0 Å². The Hall–Kier alpha value is -1.89. The monoisotopic (exact) mass is 244 g/mol. The number of carboxylic acid groups (broad SMARTS) is 1. The number of aromatic carboxylic acids is 1. The molecule has 86 valence electrons. The van der Waals surface area contributed by atoms with Crippen LogP contribution < -0.4 is 5.32 Å². The summed E-state index contributed by atoms with van der Waals surface area (Å²) in [6.07, 6.45) is 1.16. The fourth-order valence-corrected chi connectivity index (χ4v) is 0.938. The van der Waals surface area contributed by atoms with E-state index in [1.807, 2.05) is 0 Å². The van der Waals surface area contributed by atoms with Gasteiger partial charge in [-0.15, -0.1) is 5.10 Å². The van der Waals surface area contributed by atoms with Crippen LogP contribution in [0.1, 0.15) is 10.5 Å². The second-order valence-electron chi connectivity index (χ2n) is 2.90. The standard InChI is InChI=1S/C8H9ClN4O3/c1-5(9)2-10-7(14)4-13-3-6(8(15)16)11-12-13/h3H,1-2,4H2,(H,10,14)(H,15,16). The molecule has 0 unspecified atom stereocenters. The van der Waals surface area contributed by atoms with Crippen molar-refractivity contribution in [1.29, 1.82) is 0 Å². The highest BCUT2D eigenvalue weighted by molar-refractivity contribution is 6.29. The molecule has 1 rings (SSSR count). The molecule has 1 amide bonds. The Labute approximate surface area is 95.7 Å². The zero-order valence-electron chi connectivity index (χ0n) is 8.18. The molecule has 0 aliphatic rings. The number of carbonyl (C=O) groups is 2. The number of rotatable bonds is 5. The first-order valence-corrected chi connectivity index (χ1v) is 4.60. The van der Waals surface area contributed by atoms with Crippen LogP contribution in [0.25, 0.3) is 0 Å². The van der Waals surface area contributed by atoms with Gasteiger partial charge in [0.25, 0.3) is 0 Å². The molecular weight excluding hydrogens is 236 g/mol. The number of carboxylic acids is 1. The van der Waals surface area contributed by atoms with Gasteiger partial charge in [0.15, 0.2) is 5.69 Å². The molecule has 0 aliphatic heterocycles. The lowest BCUT2D eigenvalue weighted by molar-refractivity contribution is -0.121. The normalized spacial score (nSPS) is 9.81. The van der Waals surface area contributed by atoms with Gasteiger partial charge in [0.05, 0.1) is 12.7 Å². The fraction of sp³-hybridized carbons (Fsp3) is 0.250. The van der Waals surface area contributed by atoms with Crippen LogP contribution in [-0.2, 0) is 11.3 Å². The van der Waals surface area contributed by atoms with Gasteiger partial charge in [-0.25, -0.2) is 9.48 Å². The second kappa shape index (κ2) is 5.26. The number of carbonyl (C=O) groups excluding carboxylic acids is 1. The average Bonchev–Trinajstić information content (AvgIpc) is 2.63. The Morgan fingerprint density at radius 2 is 2.31 bits per heavy atom. The van der Waals surface area contributed by atoms with Crippen molar-refractivity contribution in [1.82, 2.24) is 20.3 Å². The maximum absolute atomic E-state index is 11.2. The summed E-state index contributed by atoms with van der Waals surface area (Å²) >= 11 is 5.45. The minimum atomic E-state index is -1.19. The first-order valence-electron chi connectivity index (χ1n) is 4.22. The first kappa shape index (κ1) is 12.2. The van der Waals surface area contributed by atoms with Crippen LogP contribution in [0.5, 0.6) is 0 Å². The van der Waals surface area contributed by atoms with E-state index in [0.29, 0.717) is 5.03 Å². The lowest BCUT2D eigenvalue weighted by Crippen LogP contribution is -2.28. The Balaban J connectivity index is 2.49. The summed E-state index contributed by atoms with van der Waals surface area (Å²) in [5, 5.41) is 18.2. The van der Waals surface area contributed by atoms with Crippen molar-refractivity contribution in [3.8, 4) is 0 Å². The van der Waals surface area contributed by atoms with E-state index in [4.69, 9.17) is 16.7 Å². The van der Waals surface area contributed by atoms with E-state index in [2.05, 4.69) is 22.2 Å². The largest absolute Gasteiger partial charge is 0.476 e. The first-order chi connectivity index (χ1) is 7.49. The zero-order chi connectivity index (χ0) is 12.1. The van der Waals surface area contributed by atoms with E-state index in [-0.39, 0.29) is 24.7 Å². The molecule has 0 aromatic carbocycles. The van der Waals surface area contributed by atoms with Crippen LogP contribution >= 0.6 is 11.6 Å². The highest BCUT2D eigenvalue weighted by atomic mass is 35.5. The summed E-state index contributed by atoms with van der Waals surface area (Å²) in [5.74, 6) is -1.55. The molecule has 0 saturated heterocycles. The topological polar surface area (TPSA) is 97.1 Å². The third kappa shape index (κ3) is 3.70. The number of nitrogens with zero attached hydrogens (tertiary/aromatic N) is 3. The van der Waals surface area contributed by atoms with Gasteiger partial charge >= 0.3 is 5.97 Å². The predicted molar refractivity (Wildman–Crippen MR) is 55.0 cm³/mol. The van der Waals surface area contributed by atoms with Crippen molar-refractivity contribution in [2.45, 2.75) is 6.54 Å². The van der Waals surface area contributed by atoms with Crippen molar-refractivity contribution < 1.29 is 14.7 Å². The van der Waals surface area contributed by atoms with Crippen molar-refractivity contribution >= 4 is 23.5 Å². The van der Waals surface area contributed by atoms with Gasteiger partial charge in [-0.1, -0.05) is 23.4 Å². The molecule has 0 saturated carbocycles. The summed E-state index contributed by atoms with van der Waals surface area (Å²) in [7, 11) is 0. The van der Waals surface area contributed by atoms with Gasteiger partial charge < -0.3 is 10.4 Å². The van der Waals surface area contributed by atoms with E-state index < -0.39 is 5.97 Å². The second-order valence-corrected chi connectivity index (χ2v) is 3.44. The van der Waals surface area contributed by atoms with Gasteiger partial charge in [0.2, 0.25) is 5.91 Å². The smallest absolute Gasteiger partial charge is 0.358 e. The Morgan fingerprint density at radius 3 is 2.81 bits per heavy atom. The molecule has 0 fully saturated rings. The quantitative estimate of drug-likeness (QED) is 0.750. The molecule has 0 radical (unpaired) electrons. The van der Waals surface area contributed by atoms with Crippen LogP contribution in [-0.4, -0.2) is 38.5 Å². The van der Waals surface area contributed by atoms with Crippen LogP contribution in [0, 0.1) is 0 Å². The Bertz CT molecular complexity index is 429. The third-order valence-electron chi connectivity index (χ3n) is 1.54. The number of hydrogen-bond acceptors (Lipinski definition) is 4. The number of aromatic nitrogens is 3. The summed E-state index contributed by atoms with van der Waals surface area (Å²) in [6.45, 7) is 3.43. The number of amides is 1. The molecule has 0 atom stereocenters. The Kier molecular flexibility index (Phi) is 4.01. The van der Waals surface area contributed by atoms with E-state index in [1.165, 1.54) is 0 Å². The third-order valence-corrected chi connectivity index (χ3v) is 1.67. The molecule has 0 spiro atoms. The SMILES string of the molecule is C=C(Cl)CNC(=O)Cn1cc(C(=O)O)nn1. The minimum Gasteiger partial charge on any atom is -0.476 e. The predicted octanol–water partition coefficient (Wildman–Crippen LogP) is -0.155. The van der Waals surface area contributed by atoms with E-state index >= 15 is 0 Å². The van der Waals surface area contributed by atoms with Gasteiger partial charge in [0, 0.05) is 5.03 Å². The van der Waals surface area contributed by atoms with Crippen molar-refractivity contribution in [2.75, 3.05) is 6.54 Å². The lowest BCUT2D eigenvalue weighted by Gasteiger charge is -2.02. The van der Waals surface area contributed by atoms with Gasteiger partial charge in [-0.2, -0.15) is 0 Å². The van der Waals surface area contributed by atoms with Crippen molar-refractivity contribution in [3.05, 3.63) is 23.5 Å². The summed E-state index contributed by atoms with van der Waals surface area (Å²) < 4.78 is 1.12. The molecule has 0 aliphatic carbocycles. The number of halogens is 1. The zero-order valence-corrected chi connectivity index (χ0v) is 8.94. The summed E-state index contributed by atoms with van der Waals surface area (Å²) in [6, 6.07) is 0. The molecule has 0 bridgehead atoms. The van der Waals surface area contributed by atoms with Crippen LogP contribution in [0.15, 0.2) is 17.8 Å². The molecule has 2 N–H and O–H groups in total. The summed E-state index contributed by atoms with van der Waals surface area (Å²) in [5.41, 5.74) is -0.213. The van der Waals surface area contributed by atoms with E-state index in [1.54, 1.807) is 0 Å². The van der Waals surface area contributed by atoms with Crippen molar-refractivity contribution in [2.24, 2.45) is 0 Å². The van der Waals surface area contributed by atoms with E-state index in [9.17, 15) is 9.59 Å². The van der Waals surface area contributed by atoms with Crippen LogP contribution in [0.4, 0.5) is 0 Å². The molecule has 8 heteroatoms. The van der Waals surface area contributed by atoms with Crippen molar-refractivity contribution in [3.63, 3.8) is 0 Å². The minimum absolute atomic E-state index is 0.121. The van der Waals surface area contributed by atoms with Gasteiger partial charge in [0.1, 0.15) is 6.54 Å². The molecule has 16 heavy (non-hydrogen) atoms. The maximum Gasteiger partial charge on any atom is 0.358 e. The molecule has 1 heterocycles. The van der Waals surface area contributed by atoms with Crippen LogP contribution in [0.2, 0.25) is 0 Å². The molecule has 1 aromatic rings. The summed E-state index contributed by atoms with van der Waals surface area (Å²) in [4.78, 5) is 21.7. The number of hydrogen-bond donors (Lipinski definition) is 2. The maximum atomic E-state index is 11.2. The highest BCUT2D eigenvalue weighted by Crippen LogP contribution is 1.94. The van der Waals surface area contributed by atoms with Crippen LogP contribution in [0.3, 0.4) is 0 Å². The highest BCUT2D eigenvalue weighted by Gasteiger charge is 2.10. The molecule has 7 nitrogen and oxygen atoms in total. The lowest BCUT2D eigenvalue weighted by atomic mass is 10.5. The van der Waals surface area contributed by atoms with E-state index in [0.717, 1.165) is 10.9 Å². The average molecular weight is 245 g/mol. The molecular formula is C8H9ClN4O3. The number of nitrogens with one attached hydrogen (secondary N) is 1. The van der Waals surface area contributed by atoms with Gasteiger partial charge in [-0.3, -0.25) is 4.79 Å².